The monoisotopic (exact) mass is 427 g/mol. The molecule has 3 N–H and O–H groups in total. The van der Waals surface area contributed by atoms with Gasteiger partial charge in [0, 0.05) is 17.3 Å². The Morgan fingerprint density at radius 2 is 2.19 bits per heavy atom. The lowest BCUT2D eigenvalue weighted by molar-refractivity contribution is -0.123. The van der Waals surface area contributed by atoms with Crippen LogP contribution in [-0.2, 0) is 16.1 Å². The molecule has 0 bridgehead atoms. The van der Waals surface area contributed by atoms with E-state index in [4.69, 9.17) is 20.1 Å². The standard InChI is InChI=1S/C20H18FN5O5/c1-10(18(22)28)16-8-26(20(29)30-16)12-3-4-13(14(21)6-12)11-2-5-15(23-7-11)19-24-17(9-27)31-25-19/h2-7,10,16,27H,8-9H2,1H3,(H2,22,28)/t10-,16?/m0/s1. The Balaban J connectivity index is 1.54. The number of anilines is 1. The van der Waals surface area contributed by atoms with Gasteiger partial charge in [-0.3, -0.25) is 14.7 Å². The second-order valence-corrected chi connectivity index (χ2v) is 6.99. The highest BCUT2D eigenvalue weighted by Gasteiger charge is 2.37. The number of rotatable bonds is 6. The van der Waals surface area contributed by atoms with Crippen molar-refractivity contribution >= 4 is 17.7 Å². The highest BCUT2D eigenvalue weighted by atomic mass is 19.1. The lowest BCUT2D eigenvalue weighted by atomic mass is 10.0. The quantitative estimate of drug-likeness (QED) is 0.607. The van der Waals surface area contributed by atoms with E-state index in [0.717, 1.165) is 0 Å². The molecule has 4 rings (SSSR count). The molecule has 3 heterocycles. The first-order valence-corrected chi connectivity index (χ1v) is 9.34. The Morgan fingerprint density at radius 1 is 1.39 bits per heavy atom. The van der Waals surface area contributed by atoms with Gasteiger partial charge in [-0.25, -0.2) is 9.18 Å². The van der Waals surface area contributed by atoms with Crippen molar-refractivity contribution in [1.29, 1.82) is 0 Å². The van der Waals surface area contributed by atoms with Crippen molar-refractivity contribution in [2.24, 2.45) is 11.7 Å². The number of carbonyl (C=O) groups excluding carboxylic acids is 2. The number of cyclic esters (lactones) is 1. The van der Waals surface area contributed by atoms with Gasteiger partial charge in [0.05, 0.1) is 18.2 Å². The van der Waals surface area contributed by atoms with Gasteiger partial charge >= 0.3 is 6.09 Å². The Hall–Kier alpha value is -3.86. The zero-order valence-corrected chi connectivity index (χ0v) is 16.4. The molecule has 0 radical (unpaired) electrons. The molecule has 2 aromatic heterocycles. The summed E-state index contributed by atoms with van der Waals surface area (Å²) in [4.78, 5) is 32.9. The maximum Gasteiger partial charge on any atom is 0.414 e. The topological polar surface area (TPSA) is 145 Å². The maximum atomic E-state index is 14.8. The molecule has 0 aliphatic carbocycles. The second kappa shape index (κ2) is 8.11. The average Bonchev–Trinajstić information content (AvgIpc) is 3.40. The molecule has 1 aromatic carbocycles. The van der Waals surface area contributed by atoms with E-state index in [0.29, 0.717) is 16.9 Å². The number of halogens is 1. The van der Waals surface area contributed by atoms with Crippen molar-refractivity contribution < 1.29 is 28.3 Å². The highest BCUT2D eigenvalue weighted by molar-refractivity contribution is 5.91. The molecule has 2 amide bonds. The van der Waals surface area contributed by atoms with Crippen LogP contribution in [-0.4, -0.2) is 44.9 Å². The van der Waals surface area contributed by atoms with Crippen LogP contribution >= 0.6 is 0 Å². The molecule has 3 aromatic rings. The molecule has 160 valence electrons. The number of pyridine rings is 1. The minimum Gasteiger partial charge on any atom is -0.443 e. The van der Waals surface area contributed by atoms with Crippen molar-refractivity contribution in [2.75, 3.05) is 11.4 Å². The number of nitrogens with two attached hydrogens (primary N) is 1. The van der Waals surface area contributed by atoms with Gasteiger partial charge in [-0.15, -0.1) is 0 Å². The smallest absolute Gasteiger partial charge is 0.414 e. The zero-order chi connectivity index (χ0) is 22.1. The van der Waals surface area contributed by atoms with Gasteiger partial charge in [0.25, 0.3) is 5.89 Å². The fourth-order valence-electron chi connectivity index (χ4n) is 3.15. The molecule has 31 heavy (non-hydrogen) atoms. The number of hydrogen-bond acceptors (Lipinski definition) is 8. The van der Waals surface area contributed by atoms with E-state index in [1.54, 1.807) is 25.1 Å². The van der Waals surface area contributed by atoms with Gasteiger partial charge in [-0.1, -0.05) is 11.2 Å². The highest BCUT2D eigenvalue weighted by Crippen LogP contribution is 2.30. The van der Waals surface area contributed by atoms with Gasteiger partial charge < -0.3 is 20.1 Å². The van der Waals surface area contributed by atoms with Crippen LogP contribution in [0.5, 0.6) is 0 Å². The molecule has 1 aliphatic heterocycles. The Kier molecular flexibility index (Phi) is 5.34. The lowest BCUT2D eigenvalue weighted by Crippen LogP contribution is -2.34. The largest absolute Gasteiger partial charge is 0.443 e. The Morgan fingerprint density at radius 3 is 2.81 bits per heavy atom. The van der Waals surface area contributed by atoms with E-state index in [1.807, 2.05) is 0 Å². The van der Waals surface area contributed by atoms with Crippen LogP contribution in [0.25, 0.3) is 22.6 Å². The first-order valence-electron chi connectivity index (χ1n) is 9.34. The first-order chi connectivity index (χ1) is 14.9. The summed E-state index contributed by atoms with van der Waals surface area (Å²) in [6.45, 7) is 1.29. The van der Waals surface area contributed by atoms with Gasteiger partial charge in [-0.05, 0) is 31.2 Å². The summed E-state index contributed by atoms with van der Waals surface area (Å²) in [5, 5.41) is 12.7. The van der Waals surface area contributed by atoms with Crippen LogP contribution in [0.4, 0.5) is 14.9 Å². The number of ether oxygens (including phenoxy) is 1. The predicted octanol–water partition coefficient (Wildman–Crippen LogP) is 1.88. The molecule has 0 saturated carbocycles. The van der Waals surface area contributed by atoms with Crippen LogP contribution in [0.3, 0.4) is 0 Å². The Labute approximate surface area is 175 Å². The van der Waals surface area contributed by atoms with E-state index in [-0.39, 0.29) is 30.4 Å². The molecule has 2 atom stereocenters. The number of carbonyl (C=O) groups is 2. The van der Waals surface area contributed by atoms with Crippen LogP contribution < -0.4 is 10.6 Å². The zero-order valence-electron chi connectivity index (χ0n) is 16.4. The van der Waals surface area contributed by atoms with Crippen molar-refractivity contribution in [3.05, 3.63) is 48.2 Å². The number of aromatic nitrogens is 3. The van der Waals surface area contributed by atoms with Gasteiger partial charge in [0.1, 0.15) is 24.2 Å². The van der Waals surface area contributed by atoms with Crippen molar-refractivity contribution in [3.63, 3.8) is 0 Å². The van der Waals surface area contributed by atoms with Gasteiger partial charge in [0.15, 0.2) is 0 Å². The SMILES string of the molecule is C[C@H](C(N)=O)C1CN(c2ccc(-c3ccc(-c4noc(CO)n4)nc3)c(F)c2)C(=O)O1. The molecule has 1 fully saturated rings. The fourth-order valence-corrected chi connectivity index (χ4v) is 3.15. The number of amides is 2. The fraction of sp³-hybridized carbons (Fsp3) is 0.250. The summed E-state index contributed by atoms with van der Waals surface area (Å²) in [5.74, 6) is -1.52. The van der Waals surface area contributed by atoms with Crippen LogP contribution in [0.2, 0.25) is 0 Å². The van der Waals surface area contributed by atoms with Crippen LogP contribution in [0, 0.1) is 11.7 Å². The summed E-state index contributed by atoms with van der Waals surface area (Å²) in [5.41, 5.74) is 6.76. The van der Waals surface area contributed by atoms with Crippen LogP contribution in [0.15, 0.2) is 41.1 Å². The summed E-state index contributed by atoms with van der Waals surface area (Å²) in [6.07, 6.45) is 0.0940. The third kappa shape index (κ3) is 3.94. The molecule has 11 heteroatoms. The second-order valence-electron chi connectivity index (χ2n) is 6.99. The van der Waals surface area contributed by atoms with Gasteiger partial charge in [0.2, 0.25) is 11.7 Å². The van der Waals surface area contributed by atoms with E-state index >= 15 is 0 Å². The number of primary amides is 1. The summed E-state index contributed by atoms with van der Waals surface area (Å²) >= 11 is 0. The number of benzene rings is 1. The minimum absolute atomic E-state index is 0.0652. The number of aliphatic hydroxyl groups excluding tert-OH is 1. The molecule has 1 saturated heterocycles. The average molecular weight is 427 g/mol. The number of nitrogens with zero attached hydrogens (tertiary/aromatic N) is 4. The number of aliphatic hydroxyl groups is 1. The van der Waals surface area contributed by atoms with Crippen molar-refractivity contribution in [2.45, 2.75) is 19.6 Å². The van der Waals surface area contributed by atoms with E-state index in [2.05, 4.69) is 15.1 Å². The molecular weight excluding hydrogens is 409 g/mol. The summed E-state index contributed by atoms with van der Waals surface area (Å²) < 4.78 is 24.8. The summed E-state index contributed by atoms with van der Waals surface area (Å²) in [7, 11) is 0. The van der Waals surface area contributed by atoms with E-state index < -0.39 is 29.8 Å². The van der Waals surface area contributed by atoms with E-state index in [1.165, 1.54) is 23.2 Å². The predicted molar refractivity (Wildman–Crippen MR) is 105 cm³/mol. The van der Waals surface area contributed by atoms with Crippen molar-refractivity contribution in [3.8, 4) is 22.6 Å². The summed E-state index contributed by atoms with van der Waals surface area (Å²) in [6, 6.07) is 7.57. The maximum absolute atomic E-state index is 14.8. The molecule has 10 nitrogen and oxygen atoms in total. The first kappa shape index (κ1) is 20.4. The van der Waals surface area contributed by atoms with E-state index in [9.17, 15) is 14.0 Å². The third-order valence-corrected chi connectivity index (χ3v) is 5.01. The minimum atomic E-state index is -0.694. The molecular formula is C20H18FN5O5. The molecule has 1 aliphatic rings. The Bertz CT molecular complexity index is 1130. The molecule has 1 unspecified atom stereocenters. The molecule has 0 spiro atoms. The van der Waals surface area contributed by atoms with Crippen molar-refractivity contribution in [1.82, 2.24) is 15.1 Å². The normalized spacial score (nSPS) is 16.9. The number of hydrogen-bond donors (Lipinski definition) is 2. The lowest BCUT2D eigenvalue weighted by Gasteiger charge is -2.15. The van der Waals surface area contributed by atoms with Gasteiger partial charge in [-0.2, -0.15) is 4.98 Å². The van der Waals surface area contributed by atoms with Crippen LogP contribution in [0.1, 0.15) is 12.8 Å². The third-order valence-electron chi connectivity index (χ3n) is 5.01.